The topological polar surface area (TPSA) is 108 Å². The van der Waals surface area contributed by atoms with Crippen LogP contribution in [0.15, 0.2) is 97.2 Å². The number of hydrogen-bond acceptors (Lipinski definition) is 7. The Kier molecular flexibility index (Phi) is 38.2. The van der Waals surface area contributed by atoms with E-state index in [4.69, 9.17) is 18.5 Å². The third-order valence-electron chi connectivity index (χ3n) is 8.98. The maximum absolute atomic E-state index is 12.6. The number of rotatable bonds is 39. The normalized spacial score (nSPS) is 14.5. The molecule has 0 bridgehead atoms. The van der Waals surface area contributed by atoms with Crippen molar-refractivity contribution in [3.8, 4) is 0 Å². The Morgan fingerprint density at radius 3 is 1.63 bits per heavy atom. The fourth-order valence-electron chi connectivity index (χ4n) is 5.46. The number of esters is 2. The quantitative estimate of drug-likeness (QED) is 0.0163. The maximum atomic E-state index is 12.6. The fourth-order valence-corrected chi connectivity index (χ4v) is 6.20. The predicted molar refractivity (Wildman–Crippen MR) is 247 cm³/mol. The molecule has 0 aliphatic rings. The van der Waals surface area contributed by atoms with E-state index < -0.39 is 32.5 Å². The van der Waals surface area contributed by atoms with Crippen molar-refractivity contribution >= 4 is 19.8 Å². The van der Waals surface area contributed by atoms with E-state index in [-0.39, 0.29) is 26.1 Å². The molecule has 10 heteroatoms. The Balaban J connectivity index is 4.38. The molecule has 0 rings (SSSR count). The first-order chi connectivity index (χ1) is 28.5. The summed E-state index contributed by atoms with van der Waals surface area (Å²) in [5, 5.41) is 0. The molecule has 0 saturated heterocycles. The number of nitrogens with zero attached hydrogens (tertiary/aromatic N) is 1. The summed E-state index contributed by atoms with van der Waals surface area (Å²) in [5.41, 5.74) is 0. The van der Waals surface area contributed by atoms with Crippen LogP contribution in [0.1, 0.15) is 149 Å². The number of likely N-dealkylation sites (N-methyl/N-ethyl adjacent to an activating group) is 1. The first-order valence-corrected chi connectivity index (χ1v) is 24.0. The van der Waals surface area contributed by atoms with Gasteiger partial charge in [-0.05, 0) is 64.2 Å². The molecule has 2 unspecified atom stereocenters. The van der Waals surface area contributed by atoms with E-state index in [1.807, 2.05) is 75.8 Å². The van der Waals surface area contributed by atoms with Gasteiger partial charge in [-0.2, -0.15) is 0 Å². The Morgan fingerprint density at radius 1 is 0.559 bits per heavy atom. The molecule has 0 spiro atoms. The number of unbranched alkanes of at least 4 members (excludes halogenated alkanes) is 13. The minimum Gasteiger partial charge on any atom is -0.462 e. The molecule has 0 saturated carbocycles. The number of phosphoric acid groups is 1. The summed E-state index contributed by atoms with van der Waals surface area (Å²) in [4.78, 5) is 35.3. The lowest BCUT2D eigenvalue weighted by Gasteiger charge is -2.24. The molecule has 0 fully saturated rings. The van der Waals surface area contributed by atoms with Crippen LogP contribution in [-0.2, 0) is 32.7 Å². The van der Waals surface area contributed by atoms with Gasteiger partial charge in [-0.25, -0.2) is 4.57 Å². The summed E-state index contributed by atoms with van der Waals surface area (Å²) in [6, 6.07) is 0. The van der Waals surface area contributed by atoms with E-state index in [0.29, 0.717) is 23.9 Å². The molecular formula is C49H83NO8P+. The van der Waals surface area contributed by atoms with Crippen molar-refractivity contribution in [2.75, 3.05) is 47.5 Å². The second-order valence-corrected chi connectivity index (χ2v) is 17.3. The largest absolute Gasteiger partial charge is 0.472 e. The lowest BCUT2D eigenvalue weighted by molar-refractivity contribution is -0.870. The molecule has 0 heterocycles. The van der Waals surface area contributed by atoms with Gasteiger partial charge in [0.25, 0.3) is 0 Å². The van der Waals surface area contributed by atoms with E-state index in [2.05, 4.69) is 56.4 Å². The van der Waals surface area contributed by atoms with Crippen LogP contribution in [0.5, 0.6) is 0 Å². The lowest BCUT2D eigenvalue weighted by Crippen LogP contribution is -2.37. The molecule has 0 aromatic rings. The van der Waals surface area contributed by atoms with Crippen molar-refractivity contribution in [3.05, 3.63) is 97.2 Å². The number of hydrogen-bond donors (Lipinski definition) is 1. The molecule has 2 atom stereocenters. The molecule has 0 aromatic carbocycles. The number of carbonyl (C=O) groups is 2. The SMILES string of the molecule is CC/C=C/C=C/C=C/C=C/C=C/CCCC(=O)OC(COC(=O)CCCCCCCCCCC/C=C/C/C=C/C/C=C/CCCCC)COP(=O)(O)OCC[N+](C)(C)C. The average molecular weight is 845 g/mol. The van der Waals surface area contributed by atoms with Crippen molar-refractivity contribution in [2.24, 2.45) is 0 Å². The van der Waals surface area contributed by atoms with Crippen LogP contribution < -0.4 is 0 Å². The number of ether oxygens (including phenoxy) is 2. The van der Waals surface area contributed by atoms with Gasteiger partial charge in [0.15, 0.2) is 6.10 Å². The van der Waals surface area contributed by atoms with Gasteiger partial charge < -0.3 is 18.9 Å². The maximum Gasteiger partial charge on any atom is 0.472 e. The lowest BCUT2D eigenvalue weighted by atomic mass is 10.1. The van der Waals surface area contributed by atoms with Crippen LogP contribution >= 0.6 is 7.82 Å². The van der Waals surface area contributed by atoms with Crippen LogP contribution in [-0.4, -0.2) is 74.9 Å². The molecule has 0 aliphatic carbocycles. The van der Waals surface area contributed by atoms with Gasteiger partial charge in [0.05, 0.1) is 27.7 Å². The summed E-state index contributed by atoms with van der Waals surface area (Å²) in [7, 11) is 1.41. The van der Waals surface area contributed by atoms with E-state index in [1.165, 1.54) is 57.8 Å². The van der Waals surface area contributed by atoms with Crippen LogP contribution in [0.2, 0.25) is 0 Å². The van der Waals surface area contributed by atoms with Crippen LogP contribution in [0.4, 0.5) is 0 Å². The van der Waals surface area contributed by atoms with Gasteiger partial charge in [0, 0.05) is 12.8 Å². The van der Waals surface area contributed by atoms with Gasteiger partial charge >= 0.3 is 19.8 Å². The van der Waals surface area contributed by atoms with E-state index >= 15 is 0 Å². The first-order valence-electron chi connectivity index (χ1n) is 22.5. The fraction of sp³-hybridized carbons (Fsp3) is 0.633. The highest BCUT2D eigenvalue weighted by Gasteiger charge is 2.27. The summed E-state index contributed by atoms with van der Waals surface area (Å²) >= 11 is 0. The zero-order valence-electron chi connectivity index (χ0n) is 37.7. The number of carbonyl (C=O) groups excluding carboxylic acids is 2. The molecule has 0 aliphatic heterocycles. The van der Waals surface area contributed by atoms with Crippen molar-refractivity contribution in [3.63, 3.8) is 0 Å². The number of quaternary nitrogens is 1. The standard InChI is InChI=1S/C49H82NO8P/c1-6-8-10-12-14-16-18-20-21-22-23-24-25-26-27-28-30-31-33-35-37-39-41-48(51)55-45-47(46-57-59(53,54)56-44-43-50(3,4)5)58-49(52)42-40-38-36-34-32-29-19-17-15-13-11-9-7-2/h9,11,13-17,19-21,23-24,29,32,34,36,47H,6-8,10,12,18,22,25-28,30-31,33,35,37-46H2,1-5H3/p+1/b11-9+,15-13+,16-14+,19-17+,21-20+,24-23+,32-29+,36-34+. The van der Waals surface area contributed by atoms with E-state index in [9.17, 15) is 19.0 Å². The smallest absolute Gasteiger partial charge is 0.462 e. The van der Waals surface area contributed by atoms with E-state index in [0.717, 1.165) is 51.4 Å². The van der Waals surface area contributed by atoms with E-state index in [1.54, 1.807) is 0 Å². The van der Waals surface area contributed by atoms with Gasteiger partial charge in [-0.3, -0.25) is 18.6 Å². The number of phosphoric ester groups is 1. The molecule has 59 heavy (non-hydrogen) atoms. The Labute approximate surface area is 360 Å². The van der Waals surface area contributed by atoms with Crippen LogP contribution in [0, 0.1) is 0 Å². The predicted octanol–water partition coefficient (Wildman–Crippen LogP) is 13.0. The van der Waals surface area contributed by atoms with Crippen LogP contribution in [0.25, 0.3) is 0 Å². The van der Waals surface area contributed by atoms with Gasteiger partial charge in [-0.1, -0.05) is 169 Å². The molecule has 336 valence electrons. The summed E-state index contributed by atoms with van der Waals surface area (Å²) in [6.07, 6.45) is 53.3. The molecule has 0 aromatic heterocycles. The summed E-state index contributed by atoms with van der Waals surface area (Å²) < 4.78 is 34.2. The minimum absolute atomic E-state index is 0.0116. The Bertz CT molecular complexity index is 1320. The average Bonchev–Trinajstić information content (AvgIpc) is 3.19. The third-order valence-corrected chi connectivity index (χ3v) is 9.96. The van der Waals surface area contributed by atoms with Gasteiger partial charge in [0.1, 0.15) is 19.8 Å². The summed E-state index contributed by atoms with van der Waals surface area (Å²) in [5.74, 6) is -0.901. The van der Waals surface area contributed by atoms with Crippen molar-refractivity contribution in [1.82, 2.24) is 0 Å². The van der Waals surface area contributed by atoms with Crippen molar-refractivity contribution in [2.45, 2.75) is 155 Å². The second-order valence-electron chi connectivity index (χ2n) is 15.8. The van der Waals surface area contributed by atoms with Crippen molar-refractivity contribution < 1.29 is 42.1 Å². The monoisotopic (exact) mass is 845 g/mol. The third kappa shape index (κ3) is 44.3. The Morgan fingerprint density at radius 2 is 1.05 bits per heavy atom. The highest BCUT2D eigenvalue weighted by atomic mass is 31.2. The zero-order valence-corrected chi connectivity index (χ0v) is 38.6. The van der Waals surface area contributed by atoms with Crippen molar-refractivity contribution in [1.29, 1.82) is 0 Å². The summed E-state index contributed by atoms with van der Waals surface area (Å²) in [6.45, 7) is 4.13. The highest BCUT2D eigenvalue weighted by molar-refractivity contribution is 7.47. The molecule has 1 N–H and O–H groups in total. The number of allylic oxidation sites excluding steroid dienone is 16. The Hall–Kier alpha value is -3.07. The zero-order chi connectivity index (χ0) is 43.6. The highest BCUT2D eigenvalue weighted by Crippen LogP contribution is 2.43. The molecule has 9 nitrogen and oxygen atoms in total. The van der Waals surface area contributed by atoms with Gasteiger partial charge in [-0.15, -0.1) is 0 Å². The van der Waals surface area contributed by atoms with Gasteiger partial charge in [0.2, 0.25) is 0 Å². The minimum atomic E-state index is -4.40. The first kappa shape index (κ1) is 55.9. The molecule has 0 amide bonds. The second kappa shape index (κ2) is 40.3. The van der Waals surface area contributed by atoms with Crippen LogP contribution in [0.3, 0.4) is 0 Å². The molecular weight excluding hydrogens is 762 g/mol. The molecule has 0 radical (unpaired) electrons.